The molecule has 1 aliphatic carbocycles. The van der Waals surface area contributed by atoms with Gasteiger partial charge < -0.3 is 9.84 Å². The van der Waals surface area contributed by atoms with Crippen molar-refractivity contribution >= 4 is 5.91 Å². The molecule has 1 heterocycles. The van der Waals surface area contributed by atoms with Gasteiger partial charge in [-0.25, -0.2) is 4.39 Å². The fourth-order valence-corrected chi connectivity index (χ4v) is 2.87. The molecule has 22 heavy (non-hydrogen) atoms. The van der Waals surface area contributed by atoms with Crippen LogP contribution in [0.3, 0.4) is 0 Å². The molecule has 1 amide bonds. The van der Waals surface area contributed by atoms with E-state index in [9.17, 15) is 9.18 Å². The first-order valence-electron chi connectivity index (χ1n) is 7.72. The van der Waals surface area contributed by atoms with Gasteiger partial charge in [0.1, 0.15) is 11.5 Å². The number of carbonyl (C=O) groups is 1. The molecule has 0 radical (unpaired) electrons. The predicted molar refractivity (Wildman–Crippen MR) is 80.3 cm³/mol. The van der Waals surface area contributed by atoms with Crippen LogP contribution in [0.4, 0.5) is 4.39 Å². The number of hydrogen-bond donors (Lipinski definition) is 1. The maximum atomic E-state index is 13.7. The van der Waals surface area contributed by atoms with Gasteiger partial charge in [-0.15, -0.1) is 0 Å². The van der Waals surface area contributed by atoms with E-state index in [4.69, 9.17) is 4.52 Å². The van der Waals surface area contributed by atoms with Crippen molar-refractivity contribution in [2.75, 3.05) is 0 Å². The maximum absolute atomic E-state index is 13.7. The lowest BCUT2D eigenvalue weighted by molar-refractivity contribution is -0.126. The molecule has 0 aliphatic heterocycles. The molecule has 0 saturated heterocycles. The molecule has 0 bridgehead atoms. The Morgan fingerprint density at radius 2 is 2.05 bits per heavy atom. The number of nitrogens with one attached hydrogen (secondary N) is 1. The number of hydrogen-bond acceptors (Lipinski definition) is 3. The van der Waals surface area contributed by atoms with Crippen LogP contribution in [0.25, 0.3) is 11.3 Å². The van der Waals surface area contributed by atoms with E-state index in [2.05, 4.69) is 10.5 Å². The largest absolute Gasteiger partial charge is 0.356 e. The summed E-state index contributed by atoms with van der Waals surface area (Å²) >= 11 is 0. The van der Waals surface area contributed by atoms with Crippen molar-refractivity contribution in [3.8, 4) is 11.3 Å². The van der Waals surface area contributed by atoms with Gasteiger partial charge in [0.05, 0.1) is 12.1 Å². The fraction of sp³-hybridized carbons (Fsp3) is 0.412. The van der Waals surface area contributed by atoms with Crippen molar-refractivity contribution in [2.24, 2.45) is 5.92 Å². The normalized spacial score (nSPS) is 15.7. The molecule has 0 spiro atoms. The number of rotatable bonds is 4. The number of nitrogens with zero attached hydrogens (tertiary/aromatic N) is 1. The Morgan fingerprint density at radius 3 is 2.82 bits per heavy atom. The highest BCUT2D eigenvalue weighted by atomic mass is 19.1. The van der Waals surface area contributed by atoms with Crippen LogP contribution in [0, 0.1) is 11.7 Å². The summed E-state index contributed by atoms with van der Waals surface area (Å²) in [6, 6.07) is 8.05. The minimum absolute atomic E-state index is 0.0788. The van der Waals surface area contributed by atoms with Crippen molar-refractivity contribution in [3.63, 3.8) is 0 Å². The van der Waals surface area contributed by atoms with Gasteiger partial charge in [-0.2, -0.15) is 0 Å². The molecule has 116 valence electrons. The van der Waals surface area contributed by atoms with Crippen molar-refractivity contribution in [3.05, 3.63) is 41.8 Å². The average Bonchev–Trinajstić information content (AvgIpc) is 3.02. The van der Waals surface area contributed by atoms with Gasteiger partial charge in [0, 0.05) is 12.0 Å². The third kappa shape index (κ3) is 3.35. The van der Waals surface area contributed by atoms with Crippen molar-refractivity contribution < 1.29 is 13.7 Å². The lowest BCUT2D eigenvalue weighted by Gasteiger charge is -2.20. The van der Waals surface area contributed by atoms with Crippen LogP contribution < -0.4 is 5.32 Å². The molecule has 1 aromatic heterocycles. The molecule has 1 N–H and O–H groups in total. The summed E-state index contributed by atoms with van der Waals surface area (Å²) in [4.78, 5) is 12.1. The Labute approximate surface area is 128 Å². The van der Waals surface area contributed by atoms with Gasteiger partial charge in [-0.1, -0.05) is 36.6 Å². The number of amides is 1. The summed E-state index contributed by atoms with van der Waals surface area (Å²) in [5.41, 5.74) is 0.974. The van der Waals surface area contributed by atoms with Gasteiger partial charge in [-0.3, -0.25) is 4.79 Å². The minimum Gasteiger partial charge on any atom is -0.356 e. The predicted octanol–water partition coefficient (Wildman–Crippen LogP) is 3.68. The molecule has 5 heteroatoms. The number of aromatic nitrogens is 1. The van der Waals surface area contributed by atoms with E-state index < -0.39 is 0 Å². The minimum atomic E-state index is -0.351. The lowest BCUT2D eigenvalue weighted by atomic mass is 9.89. The zero-order chi connectivity index (χ0) is 15.4. The summed E-state index contributed by atoms with van der Waals surface area (Å²) in [7, 11) is 0. The molecule has 4 nitrogen and oxygen atoms in total. The number of benzene rings is 1. The Morgan fingerprint density at radius 1 is 1.27 bits per heavy atom. The Bertz CT molecular complexity index is 648. The lowest BCUT2D eigenvalue weighted by Crippen LogP contribution is -2.31. The highest BCUT2D eigenvalue weighted by molar-refractivity contribution is 5.78. The van der Waals surface area contributed by atoms with Crippen LogP contribution in [-0.4, -0.2) is 11.1 Å². The van der Waals surface area contributed by atoms with E-state index >= 15 is 0 Å². The van der Waals surface area contributed by atoms with Gasteiger partial charge in [0.15, 0.2) is 5.76 Å². The summed E-state index contributed by atoms with van der Waals surface area (Å²) in [5, 5.41) is 6.79. The Kier molecular flexibility index (Phi) is 4.51. The second kappa shape index (κ2) is 6.73. The molecule has 1 aromatic carbocycles. The van der Waals surface area contributed by atoms with Crippen LogP contribution in [0.15, 0.2) is 34.9 Å². The zero-order valence-electron chi connectivity index (χ0n) is 12.3. The topological polar surface area (TPSA) is 55.1 Å². The quantitative estimate of drug-likeness (QED) is 0.937. The SMILES string of the molecule is O=C(NCc1cc(-c2ccccc2F)on1)C1CCCCC1. The molecular formula is C17H19FN2O2. The summed E-state index contributed by atoms with van der Waals surface area (Å²) in [6.45, 7) is 0.313. The molecule has 2 aromatic rings. The second-order valence-electron chi connectivity index (χ2n) is 5.72. The molecule has 1 saturated carbocycles. The molecule has 0 unspecified atom stereocenters. The van der Waals surface area contributed by atoms with Gasteiger partial charge in [-0.05, 0) is 25.0 Å². The zero-order valence-corrected chi connectivity index (χ0v) is 12.3. The summed E-state index contributed by atoms with van der Waals surface area (Å²) < 4.78 is 18.9. The summed E-state index contributed by atoms with van der Waals surface area (Å²) in [5.74, 6) is 0.221. The Hall–Kier alpha value is -2.17. The van der Waals surface area contributed by atoms with E-state index in [1.807, 2.05) is 0 Å². The van der Waals surface area contributed by atoms with E-state index in [-0.39, 0.29) is 17.6 Å². The molecule has 1 fully saturated rings. The van der Waals surface area contributed by atoms with E-state index in [1.54, 1.807) is 24.3 Å². The highest BCUT2D eigenvalue weighted by Gasteiger charge is 2.21. The Balaban J connectivity index is 1.60. The average molecular weight is 302 g/mol. The van der Waals surface area contributed by atoms with E-state index in [0.717, 1.165) is 25.7 Å². The first-order valence-corrected chi connectivity index (χ1v) is 7.72. The highest BCUT2D eigenvalue weighted by Crippen LogP contribution is 2.25. The molecule has 0 atom stereocenters. The fourth-order valence-electron chi connectivity index (χ4n) is 2.87. The van der Waals surface area contributed by atoms with E-state index in [1.165, 1.54) is 12.5 Å². The second-order valence-corrected chi connectivity index (χ2v) is 5.72. The smallest absolute Gasteiger partial charge is 0.223 e. The number of carbonyl (C=O) groups excluding carboxylic acids is 1. The van der Waals surface area contributed by atoms with Crippen LogP contribution in [0.1, 0.15) is 37.8 Å². The monoisotopic (exact) mass is 302 g/mol. The standard InChI is InChI=1S/C17H19FN2O2/c18-15-9-5-4-8-14(15)16-10-13(20-22-16)11-19-17(21)12-6-2-1-3-7-12/h4-5,8-10,12H,1-3,6-7,11H2,(H,19,21). The first-order chi connectivity index (χ1) is 10.7. The van der Waals surface area contributed by atoms with Crippen molar-refractivity contribution in [1.82, 2.24) is 10.5 Å². The third-order valence-electron chi connectivity index (χ3n) is 4.12. The van der Waals surface area contributed by atoms with Crippen LogP contribution in [0.2, 0.25) is 0 Å². The van der Waals surface area contributed by atoms with Crippen molar-refractivity contribution in [1.29, 1.82) is 0 Å². The molecule has 3 rings (SSSR count). The maximum Gasteiger partial charge on any atom is 0.223 e. The van der Waals surface area contributed by atoms with Crippen LogP contribution in [0.5, 0.6) is 0 Å². The first kappa shape index (κ1) is 14.8. The van der Waals surface area contributed by atoms with Gasteiger partial charge in [0.2, 0.25) is 5.91 Å². The van der Waals surface area contributed by atoms with Crippen molar-refractivity contribution in [2.45, 2.75) is 38.6 Å². The summed E-state index contributed by atoms with van der Waals surface area (Å²) in [6.07, 6.45) is 5.40. The molecule has 1 aliphatic rings. The van der Waals surface area contributed by atoms with Crippen LogP contribution in [-0.2, 0) is 11.3 Å². The third-order valence-corrected chi connectivity index (χ3v) is 4.12. The van der Waals surface area contributed by atoms with Gasteiger partial charge in [0.25, 0.3) is 0 Å². The van der Waals surface area contributed by atoms with E-state index in [0.29, 0.717) is 23.6 Å². The number of halogens is 1. The van der Waals surface area contributed by atoms with Gasteiger partial charge >= 0.3 is 0 Å². The van der Waals surface area contributed by atoms with Crippen LogP contribution >= 0.6 is 0 Å². The molecular weight excluding hydrogens is 283 g/mol.